The molecule has 0 amide bonds. The van der Waals surface area contributed by atoms with Crippen LogP contribution in [0.2, 0.25) is 0 Å². The van der Waals surface area contributed by atoms with Crippen molar-refractivity contribution >= 4 is 5.82 Å². The Balaban J connectivity index is 2.15. The SMILES string of the molecule is COc1ncnc(NCc2ccccc2CN)c1C. The van der Waals surface area contributed by atoms with Gasteiger partial charge in [-0.3, -0.25) is 0 Å². The number of hydrogen-bond acceptors (Lipinski definition) is 5. The van der Waals surface area contributed by atoms with Crippen LogP contribution in [0.1, 0.15) is 16.7 Å². The summed E-state index contributed by atoms with van der Waals surface area (Å²) in [5, 5.41) is 3.29. The van der Waals surface area contributed by atoms with E-state index >= 15 is 0 Å². The van der Waals surface area contributed by atoms with Crippen molar-refractivity contribution in [1.29, 1.82) is 0 Å². The highest BCUT2D eigenvalue weighted by Crippen LogP contribution is 2.20. The second kappa shape index (κ2) is 6.15. The van der Waals surface area contributed by atoms with Crippen LogP contribution in [0.25, 0.3) is 0 Å². The minimum absolute atomic E-state index is 0.532. The molecule has 0 aliphatic rings. The van der Waals surface area contributed by atoms with Gasteiger partial charge in [0, 0.05) is 13.1 Å². The van der Waals surface area contributed by atoms with Crippen molar-refractivity contribution in [1.82, 2.24) is 9.97 Å². The zero-order valence-electron chi connectivity index (χ0n) is 11.2. The highest BCUT2D eigenvalue weighted by atomic mass is 16.5. The van der Waals surface area contributed by atoms with Crippen LogP contribution >= 0.6 is 0 Å². The molecule has 1 heterocycles. The molecule has 100 valence electrons. The van der Waals surface area contributed by atoms with Crippen molar-refractivity contribution in [2.75, 3.05) is 12.4 Å². The van der Waals surface area contributed by atoms with Crippen LogP contribution in [0.4, 0.5) is 5.82 Å². The highest BCUT2D eigenvalue weighted by Gasteiger charge is 2.07. The average Bonchev–Trinajstić information content (AvgIpc) is 2.46. The van der Waals surface area contributed by atoms with Crippen molar-refractivity contribution in [3.05, 3.63) is 47.3 Å². The molecular weight excluding hydrogens is 240 g/mol. The van der Waals surface area contributed by atoms with E-state index in [0.29, 0.717) is 19.0 Å². The number of nitrogens with zero attached hydrogens (tertiary/aromatic N) is 2. The molecular formula is C14H18N4O. The monoisotopic (exact) mass is 258 g/mol. The molecule has 5 nitrogen and oxygen atoms in total. The molecule has 0 bridgehead atoms. The third-order valence-electron chi connectivity index (χ3n) is 3.02. The molecule has 0 atom stereocenters. The largest absolute Gasteiger partial charge is 0.481 e. The number of nitrogens with two attached hydrogens (primary N) is 1. The fourth-order valence-corrected chi connectivity index (χ4v) is 1.93. The summed E-state index contributed by atoms with van der Waals surface area (Å²) in [5.74, 6) is 1.36. The van der Waals surface area contributed by atoms with E-state index in [1.165, 1.54) is 11.9 Å². The Kier molecular flexibility index (Phi) is 4.30. The number of rotatable bonds is 5. The standard InChI is InChI=1S/C14H18N4O/c1-10-13(17-9-18-14(10)19-2)16-8-12-6-4-3-5-11(12)7-15/h3-6,9H,7-8,15H2,1-2H3,(H,16,17,18). The molecule has 0 saturated carbocycles. The molecule has 2 rings (SSSR count). The van der Waals surface area contributed by atoms with Crippen LogP contribution in [-0.4, -0.2) is 17.1 Å². The quantitative estimate of drug-likeness (QED) is 0.856. The first-order valence-corrected chi connectivity index (χ1v) is 6.12. The lowest BCUT2D eigenvalue weighted by molar-refractivity contribution is 0.393. The number of nitrogens with one attached hydrogen (secondary N) is 1. The molecule has 5 heteroatoms. The van der Waals surface area contributed by atoms with Gasteiger partial charge in [-0.25, -0.2) is 9.97 Å². The molecule has 0 fully saturated rings. The second-order valence-electron chi connectivity index (χ2n) is 4.18. The molecule has 1 aromatic carbocycles. The van der Waals surface area contributed by atoms with Gasteiger partial charge in [0.25, 0.3) is 0 Å². The predicted molar refractivity (Wildman–Crippen MR) is 75.0 cm³/mol. The van der Waals surface area contributed by atoms with Crippen LogP contribution in [-0.2, 0) is 13.1 Å². The average molecular weight is 258 g/mol. The molecule has 1 aromatic heterocycles. The first-order valence-electron chi connectivity index (χ1n) is 6.12. The maximum absolute atomic E-state index is 5.72. The summed E-state index contributed by atoms with van der Waals surface area (Å²) in [4.78, 5) is 8.28. The minimum Gasteiger partial charge on any atom is -0.481 e. The van der Waals surface area contributed by atoms with E-state index in [4.69, 9.17) is 10.5 Å². The van der Waals surface area contributed by atoms with Gasteiger partial charge in [-0.1, -0.05) is 24.3 Å². The maximum atomic E-state index is 5.72. The van der Waals surface area contributed by atoms with Crippen molar-refractivity contribution in [2.45, 2.75) is 20.0 Å². The normalized spacial score (nSPS) is 10.3. The van der Waals surface area contributed by atoms with E-state index in [1.54, 1.807) is 7.11 Å². The smallest absolute Gasteiger partial charge is 0.221 e. The molecule has 0 spiro atoms. The van der Waals surface area contributed by atoms with Gasteiger partial charge in [0.05, 0.1) is 12.7 Å². The van der Waals surface area contributed by atoms with Gasteiger partial charge in [-0.05, 0) is 18.1 Å². The van der Waals surface area contributed by atoms with E-state index < -0.39 is 0 Å². The summed E-state index contributed by atoms with van der Waals surface area (Å²) in [6, 6.07) is 8.08. The van der Waals surface area contributed by atoms with Crippen LogP contribution in [0.15, 0.2) is 30.6 Å². The lowest BCUT2D eigenvalue weighted by Gasteiger charge is -2.12. The fourth-order valence-electron chi connectivity index (χ4n) is 1.93. The van der Waals surface area contributed by atoms with E-state index in [0.717, 1.165) is 16.9 Å². The van der Waals surface area contributed by atoms with Crippen LogP contribution in [0, 0.1) is 6.92 Å². The Morgan fingerprint density at radius 1 is 1.21 bits per heavy atom. The lowest BCUT2D eigenvalue weighted by atomic mass is 10.1. The second-order valence-corrected chi connectivity index (χ2v) is 4.18. The van der Waals surface area contributed by atoms with Crippen molar-refractivity contribution in [3.63, 3.8) is 0 Å². The van der Waals surface area contributed by atoms with Gasteiger partial charge >= 0.3 is 0 Å². The predicted octanol–water partition coefficient (Wildman–Crippen LogP) is 1.86. The summed E-state index contributed by atoms with van der Waals surface area (Å²) in [6.45, 7) is 3.13. The summed E-state index contributed by atoms with van der Waals surface area (Å²) >= 11 is 0. The lowest BCUT2D eigenvalue weighted by Crippen LogP contribution is -2.08. The zero-order valence-corrected chi connectivity index (χ0v) is 11.2. The van der Waals surface area contributed by atoms with E-state index in [1.807, 2.05) is 25.1 Å². The summed E-state index contributed by atoms with van der Waals surface area (Å²) in [6.07, 6.45) is 1.49. The third kappa shape index (κ3) is 3.00. The van der Waals surface area contributed by atoms with Gasteiger partial charge in [-0.2, -0.15) is 0 Å². The summed E-state index contributed by atoms with van der Waals surface area (Å²) < 4.78 is 5.17. The minimum atomic E-state index is 0.532. The number of benzene rings is 1. The van der Waals surface area contributed by atoms with Crippen molar-refractivity contribution < 1.29 is 4.74 Å². The summed E-state index contributed by atoms with van der Waals surface area (Å²) in [5.41, 5.74) is 8.92. The number of anilines is 1. The van der Waals surface area contributed by atoms with E-state index in [-0.39, 0.29) is 0 Å². The van der Waals surface area contributed by atoms with Gasteiger partial charge in [0.1, 0.15) is 12.1 Å². The van der Waals surface area contributed by atoms with Gasteiger partial charge in [0.15, 0.2) is 0 Å². The maximum Gasteiger partial charge on any atom is 0.221 e. The third-order valence-corrected chi connectivity index (χ3v) is 3.02. The number of ether oxygens (including phenoxy) is 1. The molecule has 0 aliphatic heterocycles. The van der Waals surface area contributed by atoms with Gasteiger partial charge < -0.3 is 15.8 Å². The number of aromatic nitrogens is 2. The first kappa shape index (κ1) is 13.3. The Morgan fingerprint density at radius 2 is 1.95 bits per heavy atom. The molecule has 0 aliphatic carbocycles. The summed E-state index contributed by atoms with van der Waals surface area (Å²) in [7, 11) is 1.60. The van der Waals surface area contributed by atoms with Crippen molar-refractivity contribution in [2.24, 2.45) is 5.73 Å². The van der Waals surface area contributed by atoms with Gasteiger partial charge in [-0.15, -0.1) is 0 Å². The van der Waals surface area contributed by atoms with Crippen molar-refractivity contribution in [3.8, 4) is 5.88 Å². The van der Waals surface area contributed by atoms with E-state index in [2.05, 4.69) is 21.4 Å². The molecule has 0 saturated heterocycles. The molecule has 19 heavy (non-hydrogen) atoms. The fraction of sp³-hybridized carbons (Fsp3) is 0.286. The first-order chi connectivity index (χ1) is 9.26. The molecule has 0 unspecified atom stereocenters. The Hall–Kier alpha value is -2.14. The number of hydrogen-bond donors (Lipinski definition) is 2. The molecule has 2 aromatic rings. The van der Waals surface area contributed by atoms with Crippen LogP contribution < -0.4 is 15.8 Å². The zero-order chi connectivity index (χ0) is 13.7. The van der Waals surface area contributed by atoms with E-state index in [9.17, 15) is 0 Å². The Morgan fingerprint density at radius 3 is 2.63 bits per heavy atom. The van der Waals surface area contributed by atoms with Crippen LogP contribution in [0.3, 0.4) is 0 Å². The highest BCUT2D eigenvalue weighted by molar-refractivity contribution is 5.48. The number of methoxy groups -OCH3 is 1. The Labute approximate surface area is 112 Å². The topological polar surface area (TPSA) is 73.1 Å². The van der Waals surface area contributed by atoms with Gasteiger partial charge in [0.2, 0.25) is 5.88 Å². The molecule has 0 radical (unpaired) electrons. The molecule has 3 N–H and O–H groups in total. The van der Waals surface area contributed by atoms with Crippen LogP contribution in [0.5, 0.6) is 5.88 Å². The Bertz CT molecular complexity index is 557.